The lowest BCUT2D eigenvalue weighted by Gasteiger charge is -2.28. The minimum absolute atomic E-state index is 0.243. The molecule has 0 unspecified atom stereocenters. The summed E-state index contributed by atoms with van der Waals surface area (Å²) in [5.74, 6) is -1.05. The number of aliphatic carboxylic acids is 1. The molecule has 0 bridgehead atoms. The zero-order valence-electron chi connectivity index (χ0n) is 24.0. The van der Waals surface area contributed by atoms with Crippen LogP contribution in [-0.2, 0) is 27.4 Å². The van der Waals surface area contributed by atoms with E-state index in [2.05, 4.69) is 30.5 Å². The van der Waals surface area contributed by atoms with E-state index >= 15 is 0 Å². The summed E-state index contributed by atoms with van der Waals surface area (Å²) in [5.41, 5.74) is 6.11. The molecule has 0 radical (unpaired) electrons. The molecule has 40 heavy (non-hydrogen) atoms. The Hall–Kier alpha value is -3.19. The SMILES string of the molecule is Cc1nc2c(c(C)c(C)n2CC2(OCc3ccccc3)CC2)c(-c2ccc(Cl)cc2)c1[C@H](OC(C)(C)C)C(=O)O. The average Bonchev–Trinajstić information content (AvgIpc) is 3.64. The molecular formula is C33H37ClN2O4. The van der Waals surface area contributed by atoms with E-state index < -0.39 is 17.7 Å². The van der Waals surface area contributed by atoms with Crippen LogP contribution in [-0.4, -0.2) is 31.8 Å². The van der Waals surface area contributed by atoms with Crippen molar-refractivity contribution in [2.45, 2.75) is 84.8 Å². The van der Waals surface area contributed by atoms with E-state index in [0.717, 1.165) is 51.8 Å². The second-order valence-corrected chi connectivity index (χ2v) is 12.3. The number of fused-ring (bicyclic) bond motifs is 1. The topological polar surface area (TPSA) is 73.6 Å². The van der Waals surface area contributed by atoms with E-state index in [9.17, 15) is 9.90 Å². The molecule has 1 aliphatic carbocycles. The summed E-state index contributed by atoms with van der Waals surface area (Å²) in [6.07, 6.45) is 0.786. The molecule has 1 saturated carbocycles. The standard InChI is InChI=1S/C33H37ClN2O4/c1-20-22(3)36(19-33(16-17-33)39-18-23-10-8-7-9-11-23)30-26(20)28(24-12-14-25(34)15-13-24)27(21(2)35-30)29(31(37)38)40-32(4,5)6/h7-15,29H,16-19H2,1-6H3,(H,37,38)/t29-/m0/s1. The maximum absolute atomic E-state index is 12.6. The largest absolute Gasteiger partial charge is 0.479 e. The number of carbonyl (C=O) groups is 1. The predicted molar refractivity (Wildman–Crippen MR) is 159 cm³/mol. The normalized spacial score (nSPS) is 15.4. The van der Waals surface area contributed by atoms with Gasteiger partial charge >= 0.3 is 5.97 Å². The average molecular weight is 561 g/mol. The highest BCUT2D eigenvalue weighted by atomic mass is 35.5. The first-order valence-electron chi connectivity index (χ1n) is 13.7. The van der Waals surface area contributed by atoms with Crippen molar-refractivity contribution in [3.8, 4) is 11.1 Å². The fraction of sp³-hybridized carbons (Fsp3) is 0.394. The summed E-state index contributed by atoms with van der Waals surface area (Å²) in [6.45, 7) is 12.9. The molecule has 210 valence electrons. The fourth-order valence-corrected chi connectivity index (χ4v) is 5.52. The highest BCUT2D eigenvalue weighted by molar-refractivity contribution is 6.30. The number of nitrogens with zero attached hydrogens (tertiary/aromatic N) is 2. The van der Waals surface area contributed by atoms with E-state index in [-0.39, 0.29) is 5.60 Å². The van der Waals surface area contributed by atoms with Crippen molar-refractivity contribution in [2.75, 3.05) is 0 Å². The lowest BCUT2D eigenvalue weighted by molar-refractivity contribution is -0.160. The van der Waals surface area contributed by atoms with Gasteiger partial charge < -0.3 is 19.1 Å². The van der Waals surface area contributed by atoms with Crippen molar-refractivity contribution in [2.24, 2.45) is 0 Å². The van der Waals surface area contributed by atoms with Crippen LogP contribution >= 0.6 is 11.6 Å². The van der Waals surface area contributed by atoms with Gasteiger partial charge in [0.05, 0.1) is 24.4 Å². The summed E-state index contributed by atoms with van der Waals surface area (Å²) in [7, 11) is 0. The third kappa shape index (κ3) is 5.67. The van der Waals surface area contributed by atoms with E-state index in [1.807, 2.05) is 70.2 Å². The molecule has 7 heteroatoms. The molecule has 1 N–H and O–H groups in total. The van der Waals surface area contributed by atoms with Crippen molar-refractivity contribution in [3.05, 3.63) is 87.7 Å². The Kier molecular flexibility index (Phi) is 7.55. The number of pyridine rings is 1. The Morgan fingerprint density at radius 3 is 2.30 bits per heavy atom. The summed E-state index contributed by atoms with van der Waals surface area (Å²) >= 11 is 6.25. The van der Waals surface area contributed by atoms with Gasteiger partial charge in [0.15, 0.2) is 6.10 Å². The van der Waals surface area contributed by atoms with Gasteiger partial charge in [0.2, 0.25) is 0 Å². The Labute approximate surface area is 240 Å². The molecular weight excluding hydrogens is 524 g/mol. The fourth-order valence-electron chi connectivity index (χ4n) is 5.40. The molecule has 2 aromatic carbocycles. The molecule has 1 aliphatic rings. The minimum atomic E-state index is -1.19. The zero-order valence-corrected chi connectivity index (χ0v) is 24.8. The number of benzene rings is 2. The first kappa shape index (κ1) is 28.3. The van der Waals surface area contributed by atoms with Gasteiger partial charge in [-0.15, -0.1) is 0 Å². The van der Waals surface area contributed by atoms with Crippen LogP contribution in [0.15, 0.2) is 54.6 Å². The van der Waals surface area contributed by atoms with Gasteiger partial charge in [0.25, 0.3) is 0 Å². The van der Waals surface area contributed by atoms with E-state index in [4.69, 9.17) is 26.1 Å². The number of carboxylic acid groups (broad SMARTS) is 1. The first-order chi connectivity index (χ1) is 18.9. The molecule has 5 rings (SSSR count). The van der Waals surface area contributed by atoms with Crippen molar-refractivity contribution < 1.29 is 19.4 Å². The van der Waals surface area contributed by atoms with Crippen LogP contribution in [0.3, 0.4) is 0 Å². The minimum Gasteiger partial charge on any atom is -0.479 e. The van der Waals surface area contributed by atoms with Crippen LogP contribution in [0.25, 0.3) is 22.2 Å². The molecule has 1 atom stereocenters. The maximum atomic E-state index is 12.6. The Morgan fingerprint density at radius 1 is 1.07 bits per heavy atom. The molecule has 0 spiro atoms. The summed E-state index contributed by atoms with van der Waals surface area (Å²) in [5, 5.41) is 11.9. The van der Waals surface area contributed by atoms with Crippen molar-refractivity contribution >= 4 is 28.6 Å². The zero-order chi connectivity index (χ0) is 28.8. The van der Waals surface area contributed by atoms with Gasteiger partial charge in [-0.05, 0) is 83.2 Å². The van der Waals surface area contributed by atoms with Gasteiger partial charge in [-0.2, -0.15) is 0 Å². The number of aromatic nitrogens is 2. The molecule has 1 fully saturated rings. The van der Waals surface area contributed by atoms with Crippen LogP contribution < -0.4 is 0 Å². The monoisotopic (exact) mass is 560 g/mol. The van der Waals surface area contributed by atoms with Gasteiger partial charge in [-0.3, -0.25) is 0 Å². The van der Waals surface area contributed by atoms with Crippen molar-refractivity contribution in [1.82, 2.24) is 9.55 Å². The Morgan fingerprint density at radius 2 is 1.73 bits per heavy atom. The summed E-state index contributed by atoms with van der Waals surface area (Å²) in [4.78, 5) is 17.7. The van der Waals surface area contributed by atoms with Crippen LogP contribution in [0.4, 0.5) is 0 Å². The number of hydrogen-bond donors (Lipinski definition) is 1. The third-order valence-electron chi connectivity index (χ3n) is 7.72. The first-order valence-corrected chi connectivity index (χ1v) is 14.1. The summed E-state index contributed by atoms with van der Waals surface area (Å²) in [6, 6.07) is 17.8. The summed E-state index contributed by atoms with van der Waals surface area (Å²) < 4.78 is 14.9. The van der Waals surface area contributed by atoms with Crippen LogP contribution in [0.2, 0.25) is 5.02 Å². The van der Waals surface area contributed by atoms with Gasteiger partial charge in [-0.25, -0.2) is 9.78 Å². The van der Waals surface area contributed by atoms with Crippen molar-refractivity contribution in [1.29, 1.82) is 0 Å². The van der Waals surface area contributed by atoms with Crippen LogP contribution in [0.5, 0.6) is 0 Å². The lowest BCUT2D eigenvalue weighted by Crippen LogP contribution is -2.28. The molecule has 6 nitrogen and oxygen atoms in total. The van der Waals surface area contributed by atoms with Crippen LogP contribution in [0.1, 0.15) is 67.8 Å². The van der Waals surface area contributed by atoms with Gasteiger partial charge in [0, 0.05) is 32.9 Å². The lowest BCUT2D eigenvalue weighted by atomic mass is 9.91. The van der Waals surface area contributed by atoms with Gasteiger partial charge in [-0.1, -0.05) is 54.1 Å². The van der Waals surface area contributed by atoms with E-state index in [1.54, 1.807) is 0 Å². The number of hydrogen-bond acceptors (Lipinski definition) is 4. The molecule has 0 saturated heterocycles. The van der Waals surface area contributed by atoms with Crippen LogP contribution in [0, 0.1) is 20.8 Å². The predicted octanol–water partition coefficient (Wildman–Crippen LogP) is 7.97. The second-order valence-electron chi connectivity index (χ2n) is 11.9. The quantitative estimate of drug-likeness (QED) is 0.225. The smallest absolute Gasteiger partial charge is 0.337 e. The Bertz CT molecular complexity index is 1550. The second kappa shape index (κ2) is 10.7. The molecule has 0 aliphatic heterocycles. The number of ether oxygens (including phenoxy) is 2. The third-order valence-corrected chi connectivity index (χ3v) is 7.97. The number of carboxylic acids is 1. The van der Waals surface area contributed by atoms with Gasteiger partial charge in [0.1, 0.15) is 5.65 Å². The number of aryl methyl sites for hydroxylation is 2. The molecule has 0 amide bonds. The van der Waals surface area contributed by atoms with E-state index in [1.165, 1.54) is 0 Å². The maximum Gasteiger partial charge on any atom is 0.337 e. The Balaban J connectivity index is 1.67. The highest BCUT2D eigenvalue weighted by Crippen LogP contribution is 2.46. The molecule has 2 aromatic heterocycles. The van der Waals surface area contributed by atoms with Crippen molar-refractivity contribution in [3.63, 3.8) is 0 Å². The molecule has 4 aromatic rings. The highest BCUT2D eigenvalue weighted by Gasteiger charge is 2.45. The number of rotatable bonds is 9. The van der Waals surface area contributed by atoms with E-state index in [0.29, 0.717) is 29.4 Å². The number of halogens is 1. The molecule has 2 heterocycles.